The summed E-state index contributed by atoms with van der Waals surface area (Å²) in [6.07, 6.45) is 7.65. The van der Waals surface area contributed by atoms with Crippen LogP contribution < -0.4 is 4.74 Å². The fourth-order valence-electron chi connectivity index (χ4n) is 6.01. The highest BCUT2D eigenvalue weighted by atomic mass is 16.5. The van der Waals surface area contributed by atoms with E-state index in [1.54, 1.807) is 16.5 Å². The predicted molar refractivity (Wildman–Crippen MR) is 194 cm³/mol. The number of rotatable bonds is 7. The van der Waals surface area contributed by atoms with Gasteiger partial charge in [0.2, 0.25) is 0 Å². The Bertz CT molecular complexity index is 2570. The van der Waals surface area contributed by atoms with E-state index in [0.29, 0.717) is 18.0 Å². The Kier molecular flexibility index (Phi) is 8.31. The molecule has 9 rings (SSSR count). The normalized spacial score (nSPS) is 11.1. The third-order valence-electron chi connectivity index (χ3n) is 8.48. The second-order valence-corrected chi connectivity index (χ2v) is 11.9. The summed E-state index contributed by atoms with van der Waals surface area (Å²) in [5.41, 5.74) is 9.16. The summed E-state index contributed by atoms with van der Waals surface area (Å²) in [5.74, 6) is 2.31. The van der Waals surface area contributed by atoms with Gasteiger partial charge in [-0.1, -0.05) is 101 Å². The van der Waals surface area contributed by atoms with Crippen molar-refractivity contribution in [2.75, 3.05) is 0 Å². The zero-order valence-electron chi connectivity index (χ0n) is 27.8. The number of hydrogen-bond acceptors (Lipinski definition) is 8. The van der Waals surface area contributed by atoms with Crippen LogP contribution in [0.1, 0.15) is 17.1 Å². The highest BCUT2D eigenvalue weighted by Gasteiger charge is 2.21. The van der Waals surface area contributed by atoms with Gasteiger partial charge in [-0.25, -0.2) is 9.97 Å². The number of hydrogen-bond donors (Lipinski definition) is 1. The maximum Gasteiger partial charge on any atom is 0.180 e. The first-order valence-electron chi connectivity index (χ1n) is 16.4. The van der Waals surface area contributed by atoms with Crippen molar-refractivity contribution < 1.29 is 18.9 Å². The molecule has 250 valence electrons. The molecule has 3 aromatic carbocycles. The summed E-state index contributed by atoms with van der Waals surface area (Å²) >= 11 is 0. The second-order valence-electron chi connectivity index (χ2n) is 11.9. The maximum atomic E-state index is 9.92. The Morgan fingerprint density at radius 1 is 0.588 bits per heavy atom. The number of pyridine rings is 2. The van der Waals surface area contributed by atoms with E-state index in [2.05, 4.69) is 15.3 Å². The molecular formula is C41H32N6O4. The molecule has 0 aliphatic carbocycles. The van der Waals surface area contributed by atoms with Crippen LogP contribution in [0.5, 0.6) is 11.5 Å². The highest BCUT2D eigenvalue weighted by Crippen LogP contribution is 2.36. The lowest BCUT2D eigenvalue weighted by molar-refractivity contribution is 0.308. The molecule has 10 nitrogen and oxygen atoms in total. The van der Waals surface area contributed by atoms with Gasteiger partial charge in [0.1, 0.15) is 29.5 Å². The van der Waals surface area contributed by atoms with E-state index in [-0.39, 0.29) is 5.75 Å². The first kappa shape index (κ1) is 31.3. The Balaban J connectivity index is 0.000000152. The van der Waals surface area contributed by atoms with Crippen LogP contribution in [-0.2, 0) is 6.61 Å². The molecule has 0 amide bonds. The zero-order valence-corrected chi connectivity index (χ0v) is 27.8. The van der Waals surface area contributed by atoms with E-state index in [0.717, 1.165) is 67.7 Å². The molecule has 0 radical (unpaired) electrons. The molecule has 0 aliphatic heterocycles. The van der Waals surface area contributed by atoms with Crippen molar-refractivity contribution in [3.63, 3.8) is 0 Å². The van der Waals surface area contributed by atoms with Crippen LogP contribution in [-0.4, -0.2) is 34.2 Å². The molecule has 0 unspecified atom stereocenters. The first-order chi connectivity index (χ1) is 25.0. The summed E-state index contributed by atoms with van der Waals surface area (Å²) in [6.45, 7) is 4.26. The smallest absolute Gasteiger partial charge is 0.180 e. The molecule has 9 aromatic rings. The van der Waals surface area contributed by atoms with Gasteiger partial charge < -0.3 is 27.7 Å². The number of fused-ring (bicyclic) bond motifs is 2. The molecule has 0 bridgehead atoms. The Morgan fingerprint density at radius 2 is 1.08 bits per heavy atom. The minimum atomic E-state index is 0.143. The van der Waals surface area contributed by atoms with Gasteiger partial charge in [0.15, 0.2) is 22.8 Å². The van der Waals surface area contributed by atoms with Crippen molar-refractivity contribution in [2.45, 2.75) is 20.5 Å². The van der Waals surface area contributed by atoms with Gasteiger partial charge in [-0.05, 0) is 43.7 Å². The lowest BCUT2D eigenvalue weighted by Gasteiger charge is -2.07. The molecule has 6 aromatic heterocycles. The summed E-state index contributed by atoms with van der Waals surface area (Å²) < 4.78 is 20.7. The summed E-state index contributed by atoms with van der Waals surface area (Å²) in [7, 11) is 0. The number of benzene rings is 3. The molecule has 0 spiro atoms. The number of aromatic nitrogens is 6. The third-order valence-corrected chi connectivity index (χ3v) is 8.48. The van der Waals surface area contributed by atoms with E-state index in [1.165, 1.54) is 0 Å². The number of aryl methyl sites for hydroxylation is 2. The molecule has 0 saturated carbocycles. The molecule has 0 atom stereocenters. The quantitative estimate of drug-likeness (QED) is 0.178. The van der Waals surface area contributed by atoms with Gasteiger partial charge >= 0.3 is 0 Å². The topological polar surface area (TPSA) is 116 Å². The van der Waals surface area contributed by atoms with E-state index >= 15 is 0 Å². The second kappa shape index (κ2) is 13.5. The molecule has 6 heterocycles. The Morgan fingerprint density at radius 3 is 1.63 bits per heavy atom. The van der Waals surface area contributed by atoms with Crippen LogP contribution >= 0.6 is 0 Å². The van der Waals surface area contributed by atoms with E-state index in [4.69, 9.17) is 18.8 Å². The third kappa shape index (κ3) is 6.22. The Hall–Kier alpha value is -6.94. The van der Waals surface area contributed by atoms with Crippen LogP contribution in [0.25, 0.3) is 56.3 Å². The monoisotopic (exact) mass is 672 g/mol. The van der Waals surface area contributed by atoms with Crippen LogP contribution in [0, 0.1) is 13.8 Å². The van der Waals surface area contributed by atoms with Gasteiger partial charge in [-0.2, -0.15) is 0 Å². The van der Waals surface area contributed by atoms with Crippen molar-refractivity contribution in [1.29, 1.82) is 0 Å². The minimum Gasteiger partial charge on any atom is -0.504 e. The van der Waals surface area contributed by atoms with Gasteiger partial charge in [-0.3, -0.25) is 0 Å². The molecule has 0 fully saturated rings. The number of imidazole rings is 2. The van der Waals surface area contributed by atoms with E-state index in [9.17, 15) is 5.11 Å². The van der Waals surface area contributed by atoms with E-state index in [1.807, 2.05) is 146 Å². The van der Waals surface area contributed by atoms with Gasteiger partial charge in [-0.15, -0.1) is 0 Å². The predicted octanol–water partition coefficient (Wildman–Crippen LogP) is 9.21. The number of ether oxygens (including phenoxy) is 1. The van der Waals surface area contributed by atoms with Crippen molar-refractivity contribution in [2.24, 2.45) is 0 Å². The van der Waals surface area contributed by atoms with Crippen molar-refractivity contribution in [3.05, 3.63) is 157 Å². The highest BCUT2D eigenvalue weighted by molar-refractivity contribution is 5.82. The SMILES string of the molecule is Cc1onc(-c2ccccc2)c1-c1cn2cccc(O)c2n1.Cc1onc(-c2ccccc2)c1-c1cn2cccc(OCc3ccccc3)c2n1. The fourth-order valence-corrected chi connectivity index (χ4v) is 6.01. The average molecular weight is 673 g/mol. The van der Waals surface area contributed by atoms with Gasteiger partial charge in [0, 0.05) is 35.9 Å². The van der Waals surface area contributed by atoms with E-state index < -0.39 is 0 Å². The molecule has 10 heteroatoms. The largest absolute Gasteiger partial charge is 0.504 e. The lowest BCUT2D eigenvalue weighted by atomic mass is 10.0. The number of aromatic hydroxyl groups is 1. The van der Waals surface area contributed by atoms with Crippen molar-refractivity contribution >= 4 is 11.3 Å². The summed E-state index contributed by atoms with van der Waals surface area (Å²) in [4.78, 5) is 9.37. The summed E-state index contributed by atoms with van der Waals surface area (Å²) in [5, 5.41) is 18.4. The number of nitrogens with zero attached hydrogens (tertiary/aromatic N) is 6. The summed E-state index contributed by atoms with van der Waals surface area (Å²) in [6, 6.07) is 37.2. The maximum absolute atomic E-state index is 9.92. The Labute approximate surface area is 292 Å². The minimum absolute atomic E-state index is 0.143. The molecule has 0 aliphatic rings. The van der Waals surface area contributed by atoms with Crippen LogP contribution in [0.3, 0.4) is 0 Å². The van der Waals surface area contributed by atoms with Crippen molar-refractivity contribution in [3.8, 4) is 56.5 Å². The average Bonchev–Trinajstić information content (AvgIpc) is 3.97. The standard InChI is InChI=1S/C24H19N3O2.C17H13N3O2/c1-17-22(23(26-29-17)19-11-6-3-7-12-19)20-15-27-14-8-13-21(24(27)25-20)28-16-18-9-4-2-5-10-18;1-11-15(16(19-22-11)12-6-3-2-4-7-12)13-10-20-9-5-8-14(21)17(20)18-13/h2-15H,16H2,1H3;2-10,21H,1H3. The first-order valence-corrected chi connectivity index (χ1v) is 16.4. The molecule has 1 N–H and O–H groups in total. The molecular weight excluding hydrogens is 640 g/mol. The lowest BCUT2D eigenvalue weighted by Crippen LogP contribution is -1.97. The van der Waals surface area contributed by atoms with Crippen LogP contribution in [0.15, 0.2) is 149 Å². The van der Waals surface area contributed by atoms with Crippen LogP contribution in [0.4, 0.5) is 0 Å². The molecule has 0 saturated heterocycles. The zero-order chi connectivity index (χ0) is 34.7. The molecule has 51 heavy (non-hydrogen) atoms. The van der Waals surface area contributed by atoms with Gasteiger partial charge in [0.05, 0.1) is 22.5 Å². The van der Waals surface area contributed by atoms with Gasteiger partial charge in [0.25, 0.3) is 0 Å². The fraction of sp³-hybridized carbons (Fsp3) is 0.0732. The van der Waals surface area contributed by atoms with Crippen molar-refractivity contribution in [1.82, 2.24) is 29.1 Å². The van der Waals surface area contributed by atoms with Crippen LogP contribution in [0.2, 0.25) is 0 Å².